The molecule has 0 spiro atoms. The molecule has 0 bridgehead atoms. The Hall–Kier alpha value is -3.34. The monoisotopic (exact) mass is 391 g/mol. The minimum atomic E-state index is -0.579. The fourth-order valence-corrected chi connectivity index (χ4v) is 3.17. The number of ether oxygens (including phenoxy) is 2. The van der Waals surface area contributed by atoms with Crippen LogP contribution in [0.4, 0.5) is 0 Å². The maximum absolute atomic E-state index is 12.7. The standard InChI is InChI=1S/C24H25NO4/c1-17(2)25(15-18-9-5-4-6-10-18)23(26)16-29-24(27)21-13-19-11-7-8-12-20(19)14-22(21)28-3/h4-14,17H,15-16H2,1-3H3. The van der Waals surface area contributed by atoms with Crippen molar-refractivity contribution in [2.24, 2.45) is 0 Å². The lowest BCUT2D eigenvalue weighted by Gasteiger charge is -2.26. The Morgan fingerprint density at radius 1 is 0.931 bits per heavy atom. The van der Waals surface area contributed by atoms with E-state index in [1.807, 2.05) is 68.4 Å². The van der Waals surface area contributed by atoms with Gasteiger partial charge >= 0.3 is 5.97 Å². The molecule has 0 N–H and O–H groups in total. The van der Waals surface area contributed by atoms with E-state index in [0.29, 0.717) is 17.9 Å². The second-order valence-electron chi connectivity index (χ2n) is 7.08. The molecule has 150 valence electrons. The van der Waals surface area contributed by atoms with Crippen LogP contribution in [0.3, 0.4) is 0 Å². The lowest BCUT2D eigenvalue weighted by Crippen LogP contribution is -2.39. The molecule has 3 aromatic carbocycles. The number of amides is 1. The smallest absolute Gasteiger partial charge is 0.342 e. The Kier molecular flexibility index (Phi) is 6.50. The molecule has 0 atom stereocenters. The zero-order valence-corrected chi connectivity index (χ0v) is 16.9. The lowest BCUT2D eigenvalue weighted by molar-refractivity contribution is -0.136. The van der Waals surface area contributed by atoms with Gasteiger partial charge in [-0.15, -0.1) is 0 Å². The third-order valence-electron chi connectivity index (χ3n) is 4.75. The van der Waals surface area contributed by atoms with Crippen LogP contribution in [-0.2, 0) is 16.1 Å². The molecule has 0 saturated carbocycles. The van der Waals surface area contributed by atoms with Crippen molar-refractivity contribution in [1.82, 2.24) is 4.90 Å². The molecule has 3 aromatic rings. The molecule has 0 aliphatic carbocycles. The van der Waals surface area contributed by atoms with Crippen molar-refractivity contribution in [3.63, 3.8) is 0 Å². The van der Waals surface area contributed by atoms with Gasteiger partial charge in [0.15, 0.2) is 6.61 Å². The fourth-order valence-electron chi connectivity index (χ4n) is 3.17. The molecule has 0 fully saturated rings. The first-order valence-electron chi connectivity index (χ1n) is 9.57. The van der Waals surface area contributed by atoms with E-state index in [-0.39, 0.29) is 18.6 Å². The topological polar surface area (TPSA) is 55.8 Å². The van der Waals surface area contributed by atoms with Crippen molar-refractivity contribution in [2.45, 2.75) is 26.4 Å². The summed E-state index contributed by atoms with van der Waals surface area (Å²) in [4.78, 5) is 27.1. The number of methoxy groups -OCH3 is 1. The highest BCUT2D eigenvalue weighted by Crippen LogP contribution is 2.26. The predicted octanol–water partition coefficient (Wildman–Crippen LogP) is 4.44. The van der Waals surface area contributed by atoms with Gasteiger partial charge in [-0.25, -0.2) is 4.79 Å². The zero-order chi connectivity index (χ0) is 20.8. The third kappa shape index (κ3) is 4.93. The van der Waals surface area contributed by atoms with E-state index in [9.17, 15) is 9.59 Å². The van der Waals surface area contributed by atoms with E-state index in [1.54, 1.807) is 17.0 Å². The molecule has 1 amide bonds. The van der Waals surface area contributed by atoms with E-state index >= 15 is 0 Å². The number of hydrogen-bond donors (Lipinski definition) is 0. The first kappa shape index (κ1) is 20.4. The van der Waals surface area contributed by atoms with Gasteiger partial charge in [-0.05, 0) is 42.3 Å². The highest BCUT2D eigenvalue weighted by atomic mass is 16.5. The average molecular weight is 391 g/mol. The van der Waals surface area contributed by atoms with Crippen molar-refractivity contribution >= 4 is 22.6 Å². The SMILES string of the molecule is COc1cc2ccccc2cc1C(=O)OCC(=O)N(Cc1ccccc1)C(C)C. The molecular formula is C24H25NO4. The maximum Gasteiger partial charge on any atom is 0.342 e. The van der Waals surface area contributed by atoms with E-state index in [1.165, 1.54) is 7.11 Å². The second kappa shape index (κ2) is 9.24. The maximum atomic E-state index is 12.7. The van der Waals surface area contributed by atoms with E-state index in [0.717, 1.165) is 16.3 Å². The highest BCUT2D eigenvalue weighted by Gasteiger charge is 2.21. The predicted molar refractivity (Wildman–Crippen MR) is 113 cm³/mol. The number of benzene rings is 3. The summed E-state index contributed by atoms with van der Waals surface area (Å²) < 4.78 is 10.7. The van der Waals surface area contributed by atoms with E-state index < -0.39 is 5.97 Å². The summed E-state index contributed by atoms with van der Waals surface area (Å²) in [5.41, 5.74) is 1.33. The molecule has 5 nitrogen and oxygen atoms in total. The number of hydrogen-bond acceptors (Lipinski definition) is 4. The lowest BCUT2D eigenvalue weighted by atomic mass is 10.1. The first-order chi connectivity index (χ1) is 14.0. The number of carbonyl (C=O) groups excluding carboxylic acids is 2. The van der Waals surface area contributed by atoms with E-state index in [4.69, 9.17) is 9.47 Å². The van der Waals surface area contributed by atoms with Gasteiger partial charge in [0.05, 0.1) is 7.11 Å². The summed E-state index contributed by atoms with van der Waals surface area (Å²) in [6.45, 7) is 4.03. The molecular weight excluding hydrogens is 366 g/mol. The zero-order valence-electron chi connectivity index (χ0n) is 16.9. The Morgan fingerprint density at radius 2 is 1.55 bits per heavy atom. The number of fused-ring (bicyclic) bond motifs is 1. The molecule has 0 heterocycles. The summed E-state index contributed by atoms with van der Waals surface area (Å²) in [5.74, 6) is -0.396. The number of esters is 1. The van der Waals surface area contributed by atoms with Gasteiger partial charge in [-0.3, -0.25) is 4.79 Å². The van der Waals surface area contributed by atoms with Gasteiger partial charge in [0.2, 0.25) is 0 Å². The van der Waals surface area contributed by atoms with Gasteiger partial charge in [0, 0.05) is 12.6 Å². The van der Waals surface area contributed by atoms with Crippen LogP contribution < -0.4 is 4.74 Å². The summed E-state index contributed by atoms with van der Waals surface area (Å²) in [7, 11) is 1.51. The molecule has 0 unspecified atom stereocenters. The van der Waals surface area contributed by atoms with Crippen molar-refractivity contribution in [2.75, 3.05) is 13.7 Å². The second-order valence-corrected chi connectivity index (χ2v) is 7.08. The Morgan fingerprint density at radius 3 is 2.17 bits per heavy atom. The van der Waals surface area contributed by atoms with Crippen molar-refractivity contribution in [3.05, 3.63) is 77.9 Å². The summed E-state index contributed by atoms with van der Waals surface area (Å²) in [5, 5.41) is 1.87. The molecule has 5 heteroatoms. The van der Waals surface area contributed by atoms with Gasteiger partial charge in [0.25, 0.3) is 5.91 Å². The minimum Gasteiger partial charge on any atom is -0.496 e. The van der Waals surface area contributed by atoms with Crippen molar-refractivity contribution < 1.29 is 19.1 Å². The van der Waals surface area contributed by atoms with Crippen LogP contribution in [0.5, 0.6) is 5.75 Å². The molecule has 3 rings (SSSR count). The Bertz CT molecular complexity index is 998. The van der Waals surface area contributed by atoms with Crippen LogP contribution in [0.25, 0.3) is 10.8 Å². The van der Waals surface area contributed by atoms with Crippen LogP contribution in [0.2, 0.25) is 0 Å². The fraction of sp³-hybridized carbons (Fsp3) is 0.250. The largest absolute Gasteiger partial charge is 0.496 e. The molecule has 0 aliphatic heterocycles. The number of nitrogens with zero attached hydrogens (tertiary/aromatic N) is 1. The molecule has 0 aliphatic rings. The highest BCUT2D eigenvalue weighted by molar-refractivity contribution is 5.99. The van der Waals surface area contributed by atoms with Gasteiger partial charge in [0.1, 0.15) is 11.3 Å². The van der Waals surface area contributed by atoms with Crippen LogP contribution in [0.1, 0.15) is 29.8 Å². The average Bonchev–Trinajstić information content (AvgIpc) is 2.75. The van der Waals surface area contributed by atoms with Gasteiger partial charge < -0.3 is 14.4 Å². The summed E-state index contributed by atoms with van der Waals surface area (Å²) in [6.07, 6.45) is 0. The quantitative estimate of drug-likeness (QED) is 0.559. The Labute approximate surface area is 170 Å². The molecule has 0 radical (unpaired) electrons. The van der Waals surface area contributed by atoms with Gasteiger partial charge in [-0.2, -0.15) is 0 Å². The van der Waals surface area contributed by atoms with Crippen LogP contribution in [0, 0.1) is 0 Å². The normalized spacial score (nSPS) is 10.8. The van der Waals surface area contributed by atoms with Gasteiger partial charge in [-0.1, -0.05) is 54.6 Å². The molecule has 0 aromatic heterocycles. The number of rotatable bonds is 7. The third-order valence-corrected chi connectivity index (χ3v) is 4.75. The van der Waals surface area contributed by atoms with E-state index in [2.05, 4.69) is 0 Å². The summed E-state index contributed by atoms with van der Waals surface area (Å²) >= 11 is 0. The van der Waals surface area contributed by atoms with Crippen LogP contribution >= 0.6 is 0 Å². The minimum absolute atomic E-state index is 0.0170. The van der Waals surface area contributed by atoms with Crippen molar-refractivity contribution in [1.29, 1.82) is 0 Å². The first-order valence-corrected chi connectivity index (χ1v) is 9.57. The number of carbonyl (C=O) groups is 2. The van der Waals surface area contributed by atoms with Crippen LogP contribution in [-0.4, -0.2) is 36.5 Å². The van der Waals surface area contributed by atoms with Crippen LogP contribution in [0.15, 0.2) is 66.7 Å². The molecule has 29 heavy (non-hydrogen) atoms. The van der Waals surface area contributed by atoms with Crippen molar-refractivity contribution in [3.8, 4) is 5.75 Å². The summed E-state index contributed by atoms with van der Waals surface area (Å²) in [6, 6.07) is 20.9. The molecule has 0 saturated heterocycles. The Balaban J connectivity index is 1.72.